The van der Waals surface area contributed by atoms with Crippen molar-refractivity contribution in [1.29, 1.82) is 0 Å². The molecular weight excluding hydrogens is 831 g/mol. The van der Waals surface area contributed by atoms with Gasteiger partial charge in [0, 0.05) is 17.1 Å². The number of benzene rings is 11. The zero-order chi connectivity index (χ0) is 45.5. The van der Waals surface area contributed by atoms with E-state index in [1.165, 1.54) is 100 Å². The van der Waals surface area contributed by atoms with Crippen molar-refractivity contribution < 1.29 is 0 Å². The fourth-order valence-electron chi connectivity index (χ4n) is 12.5. The molecule has 0 bridgehead atoms. The maximum Gasteiger partial charge on any atom is 0.0726 e. The van der Waals surface area contributed by atoms with E-state index in [1.54, 1.807) is 0 Å². The van der Waals surface area contributed by atoms with Gasteiger partial charge in [-0.15, -0.1) is 0 Å². The molecule has 0 heterocycles. The molecule has 0 N–H and O–H groups in total. The highest BCUT2D eigenvalue weighted by Gasteiger charge is 2.52. The highest BCUT2D eigenvalue weighted by atomic mass is 15.1. The Morgan fingerprint density at radius 2 is 0.493 bits per heavy atom. The number of hydrogen-bond acceptors (Lipinski definition) is 1. The van der Waals surface area contributed by atoms with E-state index in [0.29, 0.717) is 0 Å². The topological polar surface area (TPSA) is 3.24 Å². The molecule has 0 fully saturated rings. The Balaban J connectivity index is 0.995. The van der Waals surface area contributed by atoms with Gasteiger partial charge in [-0.3, -0.25) is 0 Å². The molecule has 1 spiro atoms. The van der Waals surface area contributed by atoms with Crippen LogP contribution in [-0.4, -0.2) is 0 Å². The maximum atomic E-state index is 2.51. The number of hydrogen-bond donors (Lipinski definition) is 0. The molecule has 0 saturated heterocycles. The first kappa shape index (κ1) is 39.4. The highest BCUT2D eigenvalue weighted by molar-refractivity contribution is 5.97. The van der Waals surface area contributed by atoms with Crippen LogP contribution < -0.4 is 4.90 Å². The minimum absolute atomic E-state index is 0.466. The van der Waals surface area contributed by atoms with E-state index >= 15 is 0 Å². The molecule has 1 heteroatoms. The molecule has 0 atom stereocenters. The maximum absolute atomic E-state index is 2.51. The predicted molar refractivity (Wildman–Crippen MR) is 286 cm³/mol. The van der Waals surface area contributed by atoms with Crippen molar-refractivity contribution in [1.82, 2.24) is 0 Å². The Morgan fingerprint density at radius 3 is 0.913 bits per heavy atom. The molecule has 0 aliphatic heterocycles. The summed E-state index contributed by atoms with van der Waals surface area (Å²) >= 11 is 0. The average Bonchev–Trinajstić information content (AvgIpc) is 4.02. The van der Waals surface area contributed by atoms with Gasteiger partial charge in [0.1, 0.15) is 0 Å². The fourth-order valence-corrected chi connectivity index (χ4v) is 12.5. The van der Waals surface area contributed by atoms with Gasteiger partial charge in [-0.05, 0) is 137 Å². The Labute approximate surface area is 403 Å². The zero-order valence-corrected chi connectivity index (χ0v) is 37.9. The van der Waals surface area contributed by atoms with Crippen molar-refractivity contribution >= 4 is 17.1 Å². The molecular formula is C68H45N. The van der Waals surface area contributed by atoms with Crippen molar-refractivity contribution in [2.75, 3.05) is 4.90 Å². The first-order chi connectivity index (χ1) is 34.2. The summed E-state index contributed by atoms with van der Waals surface area (Å²) in [5, 5.41) is 0. The average molecular weight is 876 g/mol. The second kappa shape index (κ2) is 15.4. The summed E-state index contributed by atoms with van der Waals surface area (Å²) in [6.45, 7) is 0. The van der Waals surface area contributed by atoms with Crippen LogP contribution in [-0.2, 0) is 10.8 Å². The molecule has 69 heavy (non-hydrogen) atoms. The van der Waals surface area contributed by atoms with E-state index in [2.05, 4.69) is 278 Å². The van der Waals surface area contributed by atoms with Gasteiger partial charge >= 0.3 is 0 Å². The summed E-state index contributed by atoms with van der Waals surface area (Å²) in [5.74, 6) is 0. The summed E-state index contributed by atoms with van der Waals surface area (Å²) in [6, 6.07) is 102. The summed E-state index contributed by atoms with van der Waals surface area (Å²) in [6.07, 6.45) is 0. The van der Waals surface area contributed by atoms with Gasteiger partial charge in [-0.1, -0.05) is 237 Å². The van der Waals surface area contributed by atoms with Crippen LogP contribution >= 0.6 is 0 Å². The summed E-state index contributed by atoms with van der Waals surface area (Å²) in [7, 11) is 0. The molecule has 3 aliphatic rings. The molecule has 0 unspecified atom stereocenters. The van der Waals surface area contributed by atoms with Crippen LogP contribution in [0.2, 0.25) is 0 Å². The normalized spacial score (nSPS) is 13.7. The quantitative estimate of drug-likeness (QED) is 0.154. The van der Waals surface area contributed by atoms with E-state index < -0.39 is 10.8 Å². The van der Waals surface area contributed by atoms with Crippen molar-refractivity contribution in [3.63, 3.8) is 0 Å². The molecule has 322 valence electrons. The highest BCUT2D eigenvalue weighted by Crippen LogP contribution is 2.64. The molecule has 0 aromatic heterocycles. The zero-order valence-electron chi connectivity index (χ0n) is 37.9. The smallest absolute Gasteiger partial charge is 0.0726 e. The molecule has 0 saturated carbocycles. The fraction of sp³-hybridized carbons (Fsp3) is 0.0294. The van der Waals surface area contributed by atoms with Gasteiger partial charge in [0.2, 0.25) is 0 Å². The van der Waals surface area contributed by atoms with Gasteiger partial charge in [0.25, 0.3) is 0 Å². The molecule has 14 rings (SSSR count). The van der Waals surface area contributed by atoms with Crippen LogP contribution in [0.3, 0.4) is 0 Å². The van der Waals surface area contributed by atoms with Crippen LogP contribution in [0, 0.1) is 0 Å². The van der Waals surface area contributed by atoms with E-state index in [-0.39, 0.29) is 0 Å². The Bertz CT molecular complexity index is 3550. The van der Waals surface area contributed by atoms with Crippen LogP contribution in [0.5, 0.6) is 0 Å². The SMILES string of the molecule is c1ccc(-c2ccc(-c3ccc(N(c4ccc5c(c4)C(c4ccccc4)(c4ccccc4)c4ccccc4-5)c4ccc5c(c4)C4(c6ccccc6-c6ccccc64)c4ccccc4-5)cc3)cc2)cc1. The molecule has 11 aromatic carbocycles. The van der Waals surface area contributed by atoms with Crippen LogP contribution in [0.15, 0.2) is 273 Å². The van der Waals surface area contributed by atoms with Crippen LogP contribution in [0.1, 0.15) is 44.5 Å². The second-order valence-corrected chi connectivity index (χ2v) is 18.7. The lowest BCUT2D eigenvalue weighted by Crippen LogP contribution is -2.28. The van der Waals surface area contributed by atoms with Gasteiger partial charge in [0.05, 0.1) is 10.8 Å². The molecule has 0 radical (unpaired) electrons. The Morgan fingerprint density at radius 1 is 0.203 bits per heavy atom. The second-order valence-electron chi connectivity index (χ2n) is 18.7. The van der Waals surface area contributed by atoms with E-state index in [0.717, 1.165) is 17.1 Å². The first-order valence-electron chi connectivity index (χ1n) is 24.1. The third-order valence-corrected chi connectivity index (χ3v) is 15.4. The van der Waals surface area contributed by atoms with Gasteiger partial charge in [-0.2, -0.15) is 0 Å². The minimum Gasteiger partial charge on any atom is -0.310 e. The third kappa shape index (κ3) is 5.65. The largest absolute Gasteiger partial charge is 0.310 e. The predicted octanol–water partition coefficient (Wildman–Crippen LogP) is 17.2. The number of rotatable bonds is 7. The molecule has 1 nitrogen and oxygen atoms in total. The summed E-state index contributed by atoms with van der Waals surface area (Å²) in [5.41, 5.74) is 25.3. The Kier molecular flexibility index (Phi) is 8.78. The Hall–Kier alpha value is -8.78. The molecule has 11 aromatic rings. The summed E-state index contributed by atoms with van der Waals surface area (Å²) in [4.78, 5) is 2.50. The standard InChI is InChI=1S/C68H45N/c1-4-18-46(19-5-1)47-32-34-48(35-33-47)49-36-38-52(39-37-49)69(53-40-42-59-57-26-10-14-28-61(57)67(65(59)44-53,50-20-6-2-7-21-50)51-22-8-3-9-23-51)54-41-43-60-58-27-13-17-31-64(58)68(66(60)45-54)62-29-15-11-24-55(62)56-25-12-16-30-63(56)68/h1-45H. The summed E-state index contributed by atoms with van der Waals surface area (Å²) < 4.78 is 0. The van der Waals surface area contributed by atoms with E-state index in [9.17, 15) is 0 Å². The lowest BCUT2D eigenvalue weighted by molar-refractivity contribution is 0.768. The number of nitrogens with zero attached hydrogens (tertiary/aromatic N) is 1. The molecule has 0 amide bonds. The van der Waals surface area contributed by atoms with Gasteiger partial charge in [-0.25, -0.2) is 0 Å². The lowest BCUT2D eigenvalue weighted by atomic mass is 9.67. The molecule has 3 aliphatic carbocycles. The van der Waals surface area contributed by atoms with Crippen molar-refractivity contribution in [2.24, 2.45) is 0 Å². The number of anilines is 3. The minimum atomic E-state index is -0.535. The first-order valence-corrected chi connectivity index (χ1v) is 24.1. The van der Waals surface area contributed by atoms with Crippen molar-refractivity contribution in [2.45, 2.75) is 10.8 Å². The lowest BCUT2D eigenvalue weighted by Gasteiger charge is -2.35. The third-order valence-electron chi connectivity index (χ3n) is 15.4. The van der Waals surface area contributed by atoms with Gasteiger partial charge < -0.3 is 4.90 Å². The van der Waals surface area contributed by atoms with Crippen LogP contribution in [0.25, 0.3) is 55.6 Å². The monoisotopic (exact) mass is 875 g/mol. The van der Waals surface area contributed by atoms with E-state index in [1.807, 2.05) is 0 Å². The number of fused-ring (bicyclic) bond motifs is 13. The van der Waals surface area contributed by atoms with Crippen molar-refractivity contribution in [3.05, 3.63) is 317 Å². The van der Waals surface area contributed by atoms with Crippen molar-refractivity contribution in [3.8, 4) is 55.6 Å². The van der Waals surface area contributed by atoms with E-state index in [4.69, 9.17) is 0 Å². The van der Waals surface area contributed by atoms with Crippen LogP contribution in [0.4, 0.5) is 17.1 Å². The van der Waals surface area contributed by atoms with Gasteiger partial charge in [0.15, 0.2) is 0 Å².